The van der Waals surface area contributed by atoms with Crippen molar-refractivity contribution in [3.05, 3.63) is 12.2 Å². The highest BCUT2D eigenvalue weighted by Crippen LogP contribution is 2.14. The van der Waals surface area contributed by atoms with Crippen LogP contribution >= 0.6 is 0 Å². The van der Waals surface area contributed by atoms with E-state index in [-0.39, 0.29) is 0 Å². The van der Waals surface area contributed by atoms with E-state index in [2.05, 4.69) is 30.9 Å². The third-order valence-electron chi connectivity index (χ3n) is 2.84. The van der Waals surface area contributed by atoms with Crippen LogP contribution in [-0.4, -0.2) is 21.3 Å². The minimum absolute atomic E-state index is 0.539. The summed E-state index contributed by atoms with van der Waals surface area (Å²) in [6, 6.07) is 0. The quantitative estimate of drug-likeness (QED) is 0.766. The summed E-state index contributed by atoms with van der Waals surface area (Å²) in [7, 11) is 0. The molecule has 1 aromatic heterocycles. The van der Waals surface area contributed by atoms with Crippen molar-refractivity contribution < 1.29 is 0 Å². The van der Waals surface area contributed by atoms with Gasteiger partial charge in [-0.3, -0.25) is 4.68 Å². The lowest BCUT2D eigenvalue weighted by Gasteiger charge is -2.17. The molecule has 0 amide bonds. The van der Waals surface area contributed by atoms with Gasteiger partial charge < -0.3 is 5.73 Å². The molecule has 0 saturated heterocycles. The van der Waals surface area contributed by atoms with E-state index in [1.165, 1.54) is 0 Å². The van der Waals surface area contributed by atoms with Crippen LogP contribution in [0.4, 0.5) is 0 Å². The average molecular weight is 196 g/mol. The standard InChI is InChI=1S/C10H20N4/c1-4-14-10(12-7-13-14)5-8(2)9(3)6-11/h7-9H,4-6,11H2,1-3H3. The van der Waals surface area contributed by atoms with E-state index in [1.807, 2.05) is 4.68 Å². The van der Waals surface area contributed by atoms with E-state index in [0.717, 1.165) is 25.3 Å². The summed E-state index contributed by atoms with van der Waals surface area (Å²) < 4.78 is 1.94. The summed E-state index contributed by atoms with van der Waals surface area (Å²) in [5.74, 6) is 2.17. The Kier molecular flexibility index (Phi) is 4.07. The van der Waals surface area contributed by atoms with Crippen molar-refractivity contribution in [3.63, 3.8) is 0 Å². The number of hydrogen-bond donors (Lipinski definition) is 1. The lowest BCUT2D eigenvalue weighted by atomic mass is 9.93. The number of nitrogens with zero attached hydrogens (tertiary/aromatic N) is 3. The second-order valence-electron chi connectivity index (χ2n) is 3.89. The largest absolute Gasteiger partial charge is 0.330 e. The summed E-state index contributed by atoms with van der Waals surface area (Å²) in [4.78, 5) is 4.25. The van der Waals surface area contributed by atoms with Crippen LogP contribution in [-0.2, 0) is 13.0 Å². The van der Waals surface area contributed by atoms with Gasteiger partial charge in [-0.05, 0) is 25.3 Å². The van der Waals surface area contributed by atoms with Gasteiger partial charge in [0.05, 0.1) is 0 Å². The van der Waals surface area contributed by atoms with Gasteiger partial charge in [0.25, 0.3) is 0 Å². The average Bonchev–Trinajstić information content (AvgIpc) is 2.63. The number of rotatable bonds is 5. The SMILES string of the molecule is CCn1ncnc1CC(C)C(C)CN. The van der Waals surface area contributed by atoms with Crippen molar-refractivity contribution in [1.82, 2.24) is 14.8 Å². The fraction of sp³-hybridized carbons (Fsp3) is 0.800. The van der Waals surface area contributed by atoms with Crippen molar-refractivity contribution in [3.8, 4) is 0 Å². The normalized spacial score (nSPS) is 15.4. The zero-order chi connectivity index (χ0) is 10.6. The first kappa shape index (κ1) is 11.2. The molecule has 2 atom stereocenters. The van der Waals surface area contributed by atoms with Gasteiger partial charge in [0.2, 0.25) is 0 Å². The molecule has 2 N–H and O–H groups in total. The molecule has 1 heterocycles. The Morgan fingerprint density at radius 2 is 2.14 bits per heavy atom. The van der Waals surface area contributed by atoms with Crippen LogP contribution in [0.3, 0.4) is 0 Å². The maximum absolute atomic E-state index is 5.63. The van der Waals surface area contributed by atoms with E-state index in [9.17, 15) is 0 Å². The first-order valence-corrected chi connectivity index (χ1v) is 5.25. The fourth-order valence-corrected chi connectivity index (χ4v) is 1.43. The van der Waals surface area contributed by atoms with Crippen LogP contribution in [0.15, 0.2) is 6.33 Å². The molecule has 0 aromatic carbocycles. The molecular formula is C10H20N4. The Balaban J connectivity index is 2.59. The minimum atomic E-state index is 0.539. The van der Waals surface area contributed by atoms with Gasteiger partial charge in [0.1, 0.15) is 12.2 Å². The van der Waals surface area contributed by atoms with E-state index in [4.69, 9.17) is 5.73 Å². The first-order chi connectivity index (χ1) is 6.69. The molecule has 0 spiro atoms. The van der Waals surface area contributed by atoms with E-state index >= 15 is 0 Å². The highest BCUT2D eigenvalue weighted by atomic mass is 15.3. The summed E-state index contributed by atoms with van der Waals surface area (Å²) in [5, 5.41) is 4.15. The molecule has 0 aliphatic heterocycles. The zero-order valence-corrected chi connectivity index (χ0v) is 9.27. The van der Waals surface area contributed by atoms with Crippen molar-refractivity contribution >= 4 is 0 Å². The highest BCUT2D eigenvalue weighted by Gasteiger charge is 2.14. The molecule has 0 fully saturated rings. The van der Waals surface area contributed by atoms with Crippen LogP contribution in [0, 0.1) is 11.8 Å². The fourth-order valence-electron chi connectivity index (χ4n) is 1.43. The van der Waals surface area contributed by atoms with Gasteiger partial charge in [0.15, 0.2) is 0 Å². The third kappa shape index (κ3) is 2.54. The summed E-state index contributed by atoms with van der Waals surface area (Å²) in [5.41, 5.74) is 5.63. The second-order valence-corrected chi connectivity index (χ2v) is 3.89. The molecule has 0 radical (unpaired) electrons. The van der Waals surface area contributed by atoms with Gasteiger partial charge in [-0.15, -0.1) is 0 Å². The molecule has 4 heteroatoms. The van der Waals surface area contributed by atoms with Crippen LogP contribution in [0.2, 0.25) is 0 Å². The van der Waals surface area contributed by atoms with Crippen LogP contribution in [0.1, 0.15) is 26.6 Å². The van der Waals surface area contributed by atoms with Gasteiger partial charge in [-0.25, -0.2) is 4.98 Å². The molecule has 0 bridgehead atoms. The second kappa shape index (κ2) is 5.10. The van der Waals surface area contributed by atoms with Crippen LogP contribution in [0.25, 0.3) is 0 Å². The highest BCUT2D eigenvalue weighted by molar-refractivity contribution is 4.87. The predicted molar refractivity (Wildman–Crippen MR) is 56.8 cm³/mol. The van der Waals surface area contributed by atoms with Gasteiger partial charge in [-0.2, -0.15) is 5.10 Å². The molecule has 4 nitrogen and oxygen atoms in total. The molecule has 14 heavy (non-hydrogen) atoms. The van der Waals surface area contributed by atoms with E-state index in [0.29, 0.717) is 11.8 Å². The van der Waals surface area contributed by atoms with E-state index in [1.54, 1.807) is 6.33 Å². The molecule has 0 aliphatic rings. The third-order valence-corrected chi connectivity index (χ3v) is 2.84. The maximum atomic E-state index is 5.63. The van der Waals surface area contributed by atoms with Crippen molar-refractivity contribution in [2.45, 2.75) is 33.7 Å². The number of hydrogen-bond acceptors (Lipinski definition) is 3. The van der Waals surface area contributed by atoms with E-state index < -0.39 is 0 Å². The maximum Gasteiger partial charge on any atom is 0.138 e. The minimum Gasteiger partial charge on any atom is -0.330 e. The Morgan fingerprint density at radius 3 is 2.71 bits per heavy atom. The topological polar surface area (TPSA) is 56.7 Å². The predicted octanol–water partition coefficient (Wildman–Crippen LogP) is 1.07. The summed E-state index contributed by atoms with van der Waals surface area (Å²) in [6.45, 7) is 8.10. The Morgan fingerprint density at radius 1 is 1.43 bits per heavy atom. The molecule has 80 valence electrons. The zero-order valence-electron chi connectivity index (χ0n) is 9.27. The van der Waals surface area contributed by atoms with Crippen molar-refractivity contribution in [2.75, 3.05) is 6.54 Å². The monoisotopic (exact) mass is 196 g/mol. The van der Waals surface area contributed by atoms with Crippen LogP contribution < -0.4 is 5.73 Å². The van der Waals surface area contributed by atoms with Gasteiger partial charge in [-0.1, -0.05) is 13.8 Å². The Labute approximate surface area is 85.5 Å². The molecule has 1 aromatic rings. The molecule has 0 aliphatic carbocycles. The summed E-state index contributed by atoms with van der Waals surface area (Å²) in [6.07, 6.45) is 2.59. The molecule has 1 rings (SSSR count). The van der Waals surface area contributed by atoms with Crippen molar-refractivity contribution in [1.29, 1.82) is 0 Å². The molecular weight excluding hydrogens is 176 g/mol. The number of aromatic nitrogens is 3. The molecule has 0 saturated carbocycles. The number of nitrogens with two attached hydrogens (primary N) is 1. The van der Waals surface area contributed by atoms with Gasteiger partial charge >= 0.3 is 0 Å². The molecule has 2 unspecified atom stereocenters. The first-order valence-electron chi connectivity index (χ1n) is 5.25. The van der Waals surface area contributed by atoms with Crippen LogP contribution in [0.5, 0.6) is 0 Å². The Hall–Kier alpha value is -0.900. The van der Waals surface area contributed by atoms with Gasteiger partial charge in [0, 0.05) is 13.0 Å². The Bertz CT molecular complexity index is 269. The lowest BCUT2D eigenvalue weighted by Crippen LogP contribution is -2.21. The smallest absolute Gasteiger partial charge is 0.138 e. The summed E-state index contributed by atoms with van der Waals surface area (Å²) >= 11 is 0. The lowest BCUT2D eigenvalue weighted by molar-refractivity contribution is 0.380. The van der Waals surface area contributed by atoms with Crippen molar-refractivity contribution in [2.24, 2.45) is 17.6 Å². The number of aryl methyl sites for hydroxylation is 1.